The molecule has 2 aromatic carbocycles. The van der Waals surface area contributed by atoms with Crippen molar-refractivity contribution < 1.29 is 9.47 Å². The highest BCUT2D eigenvalue weighted by Gasteiger charge is 2.42. The van der Waals surface area contributed by atoms with E-state index in [-0.39, 0.29) is 0 Å². The fraction of sp³-hybridized carbons (Fsp3) is 0.429. The van der Waals surface area contributed by atoms with Crippen molar-refractivity contribution in [2.24, 2.45) is 0 Å². The van der Waals surface area contributed by atoms with Gasteiger partial charge in [0.25, 0.3) is 0 Å². The van der Waals surface area contributed by atoms with Crippen molar-refractivity contribution >= 4 is 5.69 Å². The third kappa shape index (κ3) is 2.39. The lowest BCUT2D eigenvalue weighted by Crippen LogP contribution is -2.39. The molecule has 4 nitrogen and oxygen atoms in total. The van der Waals surface area contributed by atoms with Gasteiger partial charge in [0.1, 0.15) is 18.1 Å². The van der Waals surface area contributed by atoms with E-state index in [0.717, 1.165) is 37.7 Å². The summed E-state index contributed by atoms with van der Waals surface area (Å²) in [6.07, 6.45) is 2.42. The second-order valence-corrected chi connectivity index (χ2v) is 7.19. The van der Waals surface area contributed by atoms with Crippen molar-refractivity contribution in [1.82, 2.24) is 5.32 Å². The minimum absolute atomic E-state index is 0.607. The number of benzene rings is 2. The summed E-state index contributed by atoms with van der Waals surface area (Å²) in [7, 11) is 1.72. The number of methoxy groups -OCH3 is 1. The summed E-state index contributed by atoms with van der Waals surface area (Å²) in [6, 6.07) is 13.5. The molecule has 1 N–H and O–H groups in total. The molecule has 1 saturated heterocycles. The molecule has 0 amide bonds. The minimum Gasteiger partial charge on any atom is -0.497 e. The molecule has 4 heteroatoms. The number of hydrogen-bond acceptors (Lipinski definition) is 4. The van der Waals surface area contributed by atoms with Gasteiger partial charge in [-0.15, -0.1) is 0 Å². The van der Waals surface area contributed by atoms with Crippen LogP contribution in [0.4, 0.5) is 5.69 Å². The van der Waals surface area contributed by atoms with Crippen LogP contribution < -0.4 is 19.7 Å². The van der Waals surface area contributed by atoms with E-state index >= 15 is 0 Å². The standard InChI is InChI=1S/C21H24N2O2/c1-24-16-4-2-3-14(11-16)15-12-18-17-5-7-22-8-6-19(17)23-9-10-25-20(13-15)21(18)23/h2-4,11-13,17,19,22H,5-10H2,1H3. The van der Waals surface area contributed by atoms with Gasteiger partial charge in [-0.25, -0.2) is 0 Å². The van der Waals surface area contributed by atoms with Gasteiger partial charge in [0, 0.05) is 12.0 Å². The first-order valence-corrected chi connectivity index (χ1v) is 9.27. The Kier molecular flexibility index (Phi) is 3.59. The Morgan fingerprint density at radius 1 is 1.12 bits per heavy atom. The molecule has 0 bridgehead atoms. The fourth-order valence-corrected chi connectivity index (χ4v) is 4.76. The Morgan fingerprint density at radius 2 is 2.04 bits per heavy atom. The van der Waals surface area contributed by atoms with Crippen molar-refractivity contribution in [3.63, 3.8) is 0 Å². The lowest BCUT2D eigenvalue weighted by Gasteiger charge is -2.33. The van der Waals surface area contributed by atoms with E-state index in [4.69, 9.17) is 9.47 Å². The molecule has 25 heavy (non-hydrogen) atoms. The zero-order chi connectivity index (χ0) is 16.8. The molecule has 3 aliphatic rings. The monoisotopic (exact) mass is 336 g/mol. The number of fused-ring (bicyclic) bond motifs is 3. The van der Waals surface area contributed by atoms with Crippen LogP contribution in [0.5, 0.6) is 11.5 Å². The van der Waals surface area contributed by atoms with Crippen LogP contribution in [0.1, 0.15) is 24.3 Å². The minimum atomic E-state index is 0.607. The zero-order valence-corrected chi connectivity index (χ0v) is 14.6. The molecule has 1 fully saturated rings. The first-order valence-electron chi connectivity index (χ1n) is 9.27. The highest BCUT2D eigenvalue weighted by molar-refractivity contribution is 5.79. The third-order valence-corrected chi connectivity index (χ3v) is 5.90. The van der Waals surface area contributed by atoms with Crippen LogP contribution in [0.15, 0.2) is 36.4 Å². The third-order valence-electron chi connectivity index (χ3n) is 5.90. The normalized spacial score (nSPS) is 24.1. The van der Waals surface area contributed by atoms with Gasteiger partial charge in [-0.3, -0.25) is 0 Å². The zero-order valence-electron chi connectivity index (χ0n) is 14.6. The predicted molar refractivity (Wildman–Crippen MR) is 99.9 cm³/mol. The van der Waals surface area contributed by atoms with Crippen LogP contribution in [-0.2, 0) is 0 Å². The van der Waals surface area contributed by atoms with Crippen LogP contribution in [0.2, 0.25) is 0 Å². The number of rotatable bonds is 2. The maximum absolute atomic E-state index is 6.08. The van der Waals surface area contributed by atoms with Crippen molar-refractivity contribution in [1.29, 1.82) is 0 Å². The SMILES string of the molecule is COc1cccc(-c2cc3c4c(c2)C2CCNCCC2N4CCO3)c1. The highest BCUT2D eigenvalue weighted by atomic mass is 16.5. The molecule has 0 radical (unpaired) electrons. The number of anilines is 1. The fourth-order valence-electron chi connectivity index (χ4n) is 4.76. The second kappa shape index (κ2) is 5.95. The molecule has 0 aliphatic carbocycles. The quantitative estimate of drug-likeness (QED) is 0.911. The summed E-state index contributed by atoms with van der Waals surface area (Å²) in [5, 5.41) is 3.57. The molecule has 0 aromatic heterocycles. The largest absolute Gasteiger partial charge is 0.497 e. The summed E-state index contributed by atoms with van der Waals surface area (Å²) in [4.78, 5) is 2.61. The molecule has 0 saturated carbocycles. The summed E-state index contributed by atoms with van der Waals surface area (Å²) in [5.41, 5.74) is 5.25. The average molecular weight is 336 g/mol. The highest BCUT2D eigenvalue weighted by Crippen LogP contribution is 2.52. The van der Waals surface area contributed by atoms with E-state index in [1.54, 1.807) is 7.11 Å². The lowest BCUT2D eigenvalue weighted by atomic mass is 9.89. The molecule has 2 aromatic rings. The Labute approximate surface area is 148 Å². The molecule has 2 atom stereocenters. The maximum atomic E-state index is 6.08. The first kappa shape index (κ1) is 15.1. The molecule has 5 rings (SSSR count). The van der Waals surface area contributed by atoms with Crippen LogP contribution in [-0.4, -0.2) is 39.4 Å². The van der Waals surface area contributed by atoms with Crippen molar-refractivity contribution in [3.8, 4) is 22.6 Å². The van der Waals surface area contributed by atoms with Crippen LogP contribution in [0.25, 0.3) is 11.1 Å². The maximum Gasteiger partial charge on any atom is 0.143 e. The number of ether oxygens (including phenoxy) is 2. The van der Waals surface area contributed by atoms with Crippen LogP contribution in [0.3, 0.4) is 0 Å². The molecular weight excluding hydrogens is 312 g/mol. The van der Waals surface area contributed by atoms with E-state index < -0.39 is 0 Å². The summed E-state index contributed by atoms with van der Waals surface area (Å²) < 4.78 is 11.5. The van der Waals surface area contributed by atoms with Gasteiger partial charge in [0.2, 0.25) is 0 Å². The van der Waals surface area contributed by atoms with Crippen LogP contribution >= 0.6 is 0 Å². The van der Waals surface area contributed by atoms with Gasteiger partial charge in [-0.2, -0.15) is 0 Å². The van der Waals surface area contributed by atoms with Gasteiger partial charge in [-0.05, 0) is 66.9 Å². The van der Waals surface area contributed by atoms with Gasteiger partial charge in [-0.1, -0.05) is 12.1 Å². The molecule has 0 spiro atoms. The topological polar surface area (TPSA) is 33.7 Å². The van der Waals surface area contributed by atoms with E-state index in [1.165, 1.54) is 35.2 Å². The molecule has 2 unspecified atom stereocenters. The Bertz CT molecular complexity index is 804. The number of nitrogens with zero attached hydrogens (tertiary/aromatic N) is 1. The van der Waals surface area contributed by atoms with Gasteiger partial charge in [0.15, 0.2) is 0 Å². The van der Waals surface area contributed by atoms with E-state index in [2.05, 4.69) is 40.5 Å². The summed E-state index contributed by atoms with van der Waals surface area (Å²) >= 11 is 0. The first-order chi connectivity index (χ1) is 12.3. The molecule has 3 aliphatic heterocycles. The van der Waals surface area contributed by atoms with E-state index in [1.807, 2.05) is 6.07 Å². The van der Waals surface area contributed by atoms with Gasteiger partial charge in [0.05, 0.1) is 19.3 Å². The molecular formula is C21H24N2O2. The van der Waals surface area contributed by atoms with Crippen molar-refractivity contribution in [2.45, 2.75) is 24.8 Å². The number of hydrogen-bond donors (Lipinski definition) is 1. The number of nitrogens with one attached hydrogen (secondary N) is 1. The average Bonchev–Trinajstić information content (AvgIpc) is 2.83. The smallest absolute Gasteiger partial charge is 0.143 e. The van der Waals surface area contributed by atoms with E-state index in [9.17, 15) is 0 Å². The van der Waals surface area contributed by atoms with Crippen LogP contribution in [0, 0.1) is 0 Å². The van der Waals surface area contributed by atoms with Gasteiger partial charge >= 0.3 is 0 Å². The summed E-state index contributed by atoms with van der Waals surface area (Å²) in [6.45, 7) is 4.02. The Hall–Kier alpha value is -2.20. The molecule has 130 valence electrons. The predicted octanol–water partition coefficient (Wildman–Crippen LogP) is 3.41. The van der Waals surface area contributed by atoms with Gasteiger partial charge < -0.3 is 19.7 Å². The Morgan fingerprint density at radius 3 is 2.96 bits per heavy atom. The van der Waals surface area contributed by atoms with E-state index in [0.29, 0.717) is 12.0 Å². The van der Waals surface area contributed by atoms with Crippen molar-refractivity contribution in [3.05, 3.63) is 42.0 Å². The molecule has 3 heterocycles. The van der Waals surface area contributed by atoms with Crippen molar-refractivity contribution in [2.75, 3.05) is 38.3 Å². The second-order valence-electron chi connectivity index (χ2n) is 7.19. The summed E-state index contributed by atoms with van der Waals surface area (Å²) in [5.74, 6) is 2.56. The lowest BCUT2D eigenvalue weighted by molar-refractivity contribution is 0.301. The Balaban J connectivity index is 1.64.